The fraction of sp³-hybridized carbons (Fsp3) is 0.152. The Labute approximate surface area is 331 Å². The fourth-order valence-electron chi connectivity index (χ4n) is 6.38. The van der Waals surface area contributed by atoms with Gasteiger partial charge in [0, 0.05) is 39.3 Å². The van der Waals surface area contributed by atoms with Gasteiger partial charge in [-0.05, 0) is 101 Å². The number of rotatable bonds is 15. The number of benzene rings is 6. The molecular formula is C46H44N6O5. The number of hydrogen-bond donors (Lipinski definition) is 5. The number of aromatic nitrogens is 3. The summed E-state index contributed by atoms with van der Waals surface area (Å²) in [5.74, 6) is 2.04. The molecule has 0 fully saturated rings. The lowest BCUT2D eigenvalue weighted by atomic mass is 10.1. The van der Waals surface area contributed by atoms with E-state index in [0.717, 1.165) is 38.9 Å². The lowest BCUT2D eigenvalue weighted by Gasteiger charge is -2.30. The topological polar surface area (TPSA) is 150 Å². The van der Waals surface area contributed by atoms with E-state index in [1.54, 1.807) is 60.7 Å². The van der Waals surface area contributed by atoms with Crippen LogP contribution in [0.3, 0.4) is 0 Å². The van der Waals surface area contributed by atoms with Gasteiger partial charge < -0.3 is 40.2 Å². The SMILES string of the molecule is Cc1ccc(CN(Cc2ccc(O)cc2)c2nc(N(Cc3ccc(O)cc3)Cc3ccc(O)cc3)nc(N(Cc3ccc(O)cc3)Cc3ccc(O)cc3)n2)cc1. The summed E-state index contributed by atoms with van der Waals surface area (Å²) in [7, 11) is 0. The van der Waals surface area contributed by atoms with E-state index in [2.05, 4.69) is 36.1 Å². The molecule has 0 bridgehead atoms. The van der Waals surface area contributed by atoms with E-state index in [1.165, 1.54) is 0 Å². The zero-order valence-electron chi connectivity index (χ0n) is 31.5. The average molecular weight is 761 g/mol. The third-order valence-electron chi connectivity index (χ3n) is 9.49. The Morgan fingerprint density at radius 2 is 0.474 bits per heavy atom. The highest BCUT2D eigenvalue weighted by Crippen LogP contribution is 2.28. The summed E-state index contributed by atoms with van der Waals surface area (Å²) >= 11 is 0. The van der Waals surface area contributed by atoms with Crippen molar-refractivity contribution in [1.29, 1.82) is 0 Å². The Morgan fingerprint density at radius 3 is 0.667 bits per heavy atom. The Kier molecular flexibility index (Phi) is 11.6. The van der Waals surface area contributed by atoms with Crippen LogP contribution in [0.1, 0.15) is 38.9 Å². The summed E-state index contributed by atoms with van der Waals surface area (Å²) in [6.07, 6.45) is 0. The Bertz CT molecular complexity index is 1930. The first-order chi connectivity index (χ1) is 27.6. The zero-order chi connectivity index (χ0) is 39.7. The molecule has 7 rings (SSSR count). The maximum atomic E-state index is 10.1. The standard InChI is InChI=1S/C46H44N6O5/c1-32-2-4-33(5-3-32)26-50(27-34-6-16-39(53)17-7-34)44-47-45(51(28-35-8-18-40(54)19-9-35)29-36-10-20-41(55)21-11-36)49-46(48-44)52(30-37-12-22-42(56)23-13-37)31-38-14-24-43(57)25-15-38/h2-25,53-57H,26-31H2,1H3. The van der Waals surface area contributed by atoms with Crippen molar-refractivity contribution in [2.24, 2.45) is 0 Å². The van der Waals surface area contributed by atoms with Gasteiger partial charge in [-0.25, -0.2) is 0 Å². The number of anilines is 3. The summed E-state index contributed by atoms with van der Waals surface area (Å²) < 4.78 is 0. The summed E-state index contributed by atoms with van der Waals surface area (Å²) in [6, 6.07) is 43.5. The van der Waals surface area contributed by atoms with Gasteiger partial charge in [0.2, 0.25) is 17.8 Å². The van der Waals surface area contributed by atoms with Crippen LogP contribution in [0.5, 0.6) is 28.7 Å². The van der Waals surface area contributed by atoms with Gasteiger partial charge in [0.1, 0.15) is 28.7 Å². The molecule has 0 atom stereocenters. The first-order valence-electron chi connectivity index (χ1n) is 18.6. The highest BCUT2D eigenvalue weighted by atomic mass is 16.3. The number of phenols is 5. The highest BCUT2D eigenvalue weighted by Gasteiger charge is 2.23. The predicted octanol–water partition coefficient (Wildman–Crippen LogP) is 8.33. The number of aryl methyl sites for hydroxylation is 1. The molecule has 6 aromatic carbocycles. The molecule has 1 aromatic heterocycles. The molecule has 0 unspecified atom stereocenters. The van der Waals surface area contributed by atoms with Crippen molar-refractivity contribution in [1.82, 2.24) is 15.0 Å². The minimum Gasteiger partial charge on any atom is -0.508 e. The van der Waals surface area contributed by atoms with Crippen molar-refractivity contribution in [3.05, 3.63) is 185 Å². The zero-order valence-corrected chi connectivity index (χ0v) is 31.5. The molecule has 7 aromatic rings. The van der Waals surface area contributed by atoms with Crippen LogP contribution in [-0.2, 0) is 39.3 Å². The second kappa shape index (κ2) is 17.5. The number of phenolic OH excluding ortho intramolecular Hbond substituents is 5. The molecule has 0 radical (unpaired) electrons. The predicted molar refractivity (Wildman–Crippen MR) is 221 cm³/mol. The van der Waals surface area contributed by atoms with Crippen LogP contribution >= 0.6 is 0 Å². The minimum absolute atomic E-state index is 0.161. The molecule has 5 N–H and O–H groups in total. The summed E-state index contributed by atoms with van der Waals surface area (Å²) in [5.41, 5.74) is 6.81. The molecule has 288 valence electrons. The molecule has 11 nitrogen and oxygen atoms in total. The number of hydrogen-bond acceptors (Lipinski definition) is 11. The number of aromatic hydroxyl groups is 5. The average Bonchev–Trinajstić information content (AvgIpc) is 3.22. The smallest absolute Gasteiger partial charge is 0.232 e. The van der Waals surface area contributed by atoms with E-state index in [0.29, 0.717) is 57.1 Å². The highest BCUT2D eigenvalue weighted by molar-refractivity contribution is 5.50. The summed E-state index contributed by atoms with van der Waals surface area (Å²) in [5, 5.41) is 50.4. The quantitative estimate of drug-likeness (QED) is 0.0687. The van der Waals surface area contributed by atoms with Crippen molar-refractivity contribution in [3.8, 4) is 28.7 Å². The Balaban J connectivity index is 1.39. The molecule has 0 amide bonds. The van der Waals surface area contributed by atoms with E-state index >= 15 is 0 Å². The monoisotopic (exact) mass is 760 g/mol. The van der Waals surface area contributed by atoms with Gasteiger partial charge in [-0.2, -0.15) is 15.0 Å². The third-order valence-corrected chi connectivity index (χ3v) is 9.49. The van der Waals surface area contributed by atoms with Crippen LogP contribution in [0.2, 0.25) is 0 Å². The van der Waals surface area contributed by atoms with E-state index in [-0.39, 0.29) is 28.7 Å². The van der Waals surface area contributed by atoms with Crippen molar-refractivity contribution >= 4 is 17.8 Å². The van der Waals surface area contributed by atoms with Crippen LogP contribution < -0.4 is 14.7 Å². The molecule has 0 aliphatic rings. The normalized spacial score (nSPS) is 11.0. The molecular weight excluding hydrogens is 717 g/mol. The fourth-order valence-corrected chi connectivity index (χ4v) is 6.38. The second-order valence-corrected chi connectivity index (χ2v) is 14.1. The van der Waals surface area contributed by atoms with Gasteiger partial charge in [-0.3, -0.25) is 0 Å². The molecule has 0 saturated carbocycles. The van der Waals surface area contributed by atoms with Crippen LogP contribution in [-0.4, -0.2) is 40.5 Å². The van der Waals surface area contributed by atoms with Gasteiger partial charge in [-0.1, -0.05) is 90.5 Å². The lowest BCUT2D eigenvalue weighted by molar-refractivity contribution is 0.474. The molecule has 57 heavy (non-hydrogen) atoms. The second-order valence-electron chi connectivity index (χ2n) is 14.1. The van der Waals surface area contributed by atoms with E-state index in [1.807, 2.05) is 70.5 Å². The van der Waals surface area contributed by atoms with Crippen LogP contribution in [0.4, 0.5) is 17.8 Å². The molecule has 11 heteroatoms. The molecule has 0 aliphatic heterocycles. The largest absolute Gasteiger partial charge is 0.508 e. The van der Waals surface area contributed by atoms with Crippen LogP contribution in [0.15, 0.2) is 146 Å². The number of nitrogens with zero attached hydrogens (tertiary/aromatic N) is 6. The van der Waals surface area contributed by atoms with Gasteiger partial charge in [0.05, 0.1) is 0 Å². The van der Waals surface area contributed by atoms with Crippen molar-refractivity contribution < 1.29 is 25.5 Å². The maximum Gasteiger partial charge on any atom is 0.232 e. The van der Waals surface area contributed by atoms with Crippen molar-refractivity contribution in [3.63, 3.8) is 0 Å². The molecule has 1 heterocycles. The van der Waals surface area contributed by atoms with Gasteiger partial charge >= 0.3 is 0 Å². The third kappa shape index (κ3) is 10.5. The van der Waals surface area contributed by atoms with Crippen LogP contribution in [0.25, 0.3) is 0 Å². The summed E-state index contributed by atoms with van der Waals surface area (Å²) in [6.45, 7) is 4.48. The van der Waals surface area contributed by atoms with Crippen LogP contribution in [0, 0.1) is 6.92 Å². The molecule has 0 aliphatic carbocycles. The summed E-state index contributed by atoms with van der Waals surface area (Å²) in [4.78, 5) is 21.7. The van der Waals surface area contributed by atoms with E-state index in [9.17, 15) is 25.5 Å². The Hall–Kier alpha value is -7.27. The minimum atomic E-state index is 0.161. The van der Waals surface area contributed by atoms with Gasteiger partial charge in [-0.15, -0.1) is 0 Å². The van der Waals surface area contributed by atoms with Crippen molar-refractivity contribution in [2.45, 2.75) is 46.2 Å². The van der Waals surface area contributed by atoms with E-state index < -0.39 is 0 Å². The van der Waals surface area contributed by atoms with Gasteiger partial charge in [0.15, 0.2) is 0 Å². The van der Waals surface area contributed by atoms with E-state index in [4.69, 9.17) is 15.0 Å². The first-order valence-corrected chi connectivity index (χ1v) is 18.6. The first kappa shape index (κ1) is 38.0. The van der Waals surface area contributed by atoms with Gasteiger partial charge in [0.25, 0.3) is 0 Å². The lowest BCUT2D eigenvalue weighted by Crippen LogP contribution is -2.31. The molecule has 0 spiro atoms. The van der Waals surface area contributed by atoms with Crippen molar-refractivity contribution in [2.75, 3.05) is 14.7 Å². The maximum absolute atomic E-state index is 10.1. The molecule has 0 saturated heterocycles. The Morgan fingerprint density at radius 1 is 0.298 bits per heavy atom.